The van der Waals surface area contributed by atoms with Crippen molar-refractivity contribution in [3.05, 3.63) is 35.4 Å². The summed E-state index contributed by atoms with van der Waals surface area (Å²) in [5.74, 6) is 0.649. The molecule has 2 heteroatoms. The first-order valence-corrected chi connectivity index (χ1v) is 7.11. The van der Waals surface area contributed by atoms with Crippen molar-refractivity contribution in [1.82, 2.24) is 0 Å². The van der Waals surface area contributed by atoms with Crippen molar-refractivity contribution in [3.8, 4) is 0 Å². The first kappa shape index (κ1) is 13.6. The van der Waals surface area contributed by atoms with Crippen molar-refractivity contribution in [2.75, 3.05) is 0 Å². The van der Waals surface area contributed by atoms with Crippen molar-refractivity contribution >= 4 is 0 Å². The summed E-state index contributed by atoms with van der Waals surface area (Å²) in [5.41, 5.74) is 2.75. The Morgan fingerprint density at radius 2 is 1.83 bits per heavy atom. The molecule has 2 N–H and O–H groups in total. The van der Waals surface area contributed by atoms with Crippen molar-refractivity contribution < 1.29 is 10.2 Å². The molecule has 100 valence electrons. The number of rotatable bonds is 6. The van der Waals surface area contributed by atoms with Crippen LogP contribution in [0.5, 0.6) is 0 Å². The molecule has 2 rings (SSSR count). The van der Waals surface area contributed by atoms with Gasteiger partial charge in [-0.2, -0.15) is 0 Å². The Morgan fingerprint density at radius 3 is 2.44 bits per heavy atom. The maximum absolute atomic E-state index is 10.2. The van der Waals surface area contributed by atoms with Gasteiger partial charge in [-0.25, -0.2) is 0 Å². The second-order valence-electron chi connectivity index (χ2n) is 5.47. The van der Waals surface area contributed by atoms with Gasteiger partial charge in [0.2, 0.25) is 0 Å². The Kier molecular flexibility index (Phi) is 4.41. The summed E-state index contributed by atoms with van der Waals surface area (Å²) < 4.78 is 0. The molecule has 1 aromatic carbocycles. The van der Waals surface area contributed by atoms with Crippen LogP contribution in [-0.2, 0) is 6.42 Å². The molecule has 0 aromatic heterocycles. The van der Waals surface area contributed by atoms with E-state index in [1.54, 1.807) is 0 Å². The quantitative estimate of drug-likeness (QED) is 0.812. The van der Waals surface area contributed by atoms with Crippen LogP contribution in [0.2, 0.25) is 0 Å². The van der Waals surface area contributed by atoms with E-state index in [-0.39, 0.29) is 5.92 Å². The van der Waals surface area contributed by atoms with Crippen LogP contribution in [0, 0.1) is 5.92 Å². The number of hydrogen-bond donors (Lipinski definition) is 2. The van der Waals surface area contributed by atoms with Gasteiger partial charge < -0.3 is 10.2 Å². The van der Waals surface area contributed by atoms with E-state index in [2.05, 4.69) is 38.1 Å². The van der Waals surface area contributed by atoms with E-state index in [9.17, 15) is 10.2 Å². The summed E-state index contributed by atoms with van der Waals surface area (Å²) in [6.45, 7) is 4.14. The molecule has 1 aliphatic rings. The van der Waals surface area contributed by atoms with Crippen LogP contribution in [0.15, 0.2) is 24.3 Å². The third kappa shape index (κ3) is 2.60. The van der Waals surface area contributed by atoms with Gasteiger partial charge in [0.1, 0.15) is 0 Å². The maximum Gasteiger partial charge on any atom is 0.0827 e. The van der Waals surface area contributed by atoms with Gasteiger partial charge in [-0.3, -0.25) is 0 Å². The lowest BCUT2D eigenvalue weighted by atomic mass is 9.73. The first-order chi connectivity index (χ1) is 8.67. The average Bonchev–Trinajstić information content (AvgIpc) is 2.37. The summed E-state index contributed by atoms with van der Waals surface area (Å²) >= 11 is 0. The largest absolute Gasteiger partial charge is 0.390 e. The molecule has 0 fully saturated rings. The fourth-order valence-corrected chi connectivity index (χ4v) is 3.09. The van der Waals surface area contributed by atoms with Crippen molar-refractivity contribution in [2.24, 2.45) is 5.92 Å². The second-order valence-corrected chi connectivity index (χ2v) is 5.47. The van der Waals surface area contributed by atoms with E-state index >= 15 is 0 Å². The Labute approximate surface area is 110 Å². The highest BCUT2D eigenvalue weighted by Crippen LogP contribution is 2.38. The molecule has 3 unspecified atom stereocenters. The monoisotopic (exact) mass is 248 g/mol. The smallest absolute Gasteiger partial charge is 0.0827 e. The lowest BCUT2D eigenvalue weighted by Crippen LogP contribution is -2.35. The molecule has 0 spiro atoms. The first-order valence-electron chi connectivity index (χ1n) is 7.11. The van der Waals surface area contributed by atoms with Crippen LogP contribution in [0.1, 0.15) is 50.2 Å². The molecule has 18 heavy (non-hydrogen) atoms. The van der Waals surface area contributed by atoms with E-state index in [0.29, 0.717) is 12.3 Å². The average molecular weight is 248 g/mol. The topological polar surface area (TPSA) is 40.5 Å². The van der Waals surface area contributed by atoms with Crippen LogP contribution in [0.4, 0.5) is 0 Å². The molecule has 1 aliphatic carbocycles. The lowest BCUT2D eigenvalue weighted by molar-refractivity contribution is -0.0273. The molecule has 0 aliphatic heterocycles. The predicted octanol–water partition coefficient (Wildman–Crippen LogP) is 2.87. The van der Waals surface area contributed by atoms with Crippen LogP contribution < -0.4 is 0 Å². The molecular weight excluding hydrogens is 224 g/mol. The zero-order chi connectivity index (χ0) is 13.1. The summed E-state index contributed by atoms with van der Waals surface area (Å²) in [7, 11) is 0. The highest BCUT2D eigenvalue weighted by molar-refractivity contribution is 5.39. The molecule has 0 radical (unpaired) electrons. The zero-order valence-corrected chi connectivity index (χ0v) is 11.3. The molecule has 0 saturated heterocycles. The minimum absolute atomic E-state index is 0.218. The van der Waals surface area contributed by atoms with Crippen molar-refractivity contribution in [1.29, 1.82) is 0 Å². The number of hydrogen-bond acceptors (Lipinski definition) is 2. The lowest BCUT2D eigenvalue weighted by Gasteiger charge is -2.34. The maximum atomic E-state index is 10.2. The molecule has 0 bridgehead atoms. The number of aliphatic hydroxyl groups excluding tert-OH is 2. The second kappa shape index (κ2) is 5.85. The highest BCUT2D eigenvalue weighted by Gasteiger charge is 2.31. The standard InChI is InChI=1S/C16H24O2/c1-3-11(4-2)16(18)15(17)10-13-9-12-7-5-6-8-14(12)13/h5-8,11,13,15-18H,3-4,9-10H2,1-2H3. The van der Waals surface area contributed by atoms with Crippen LogP contribution in [-0.4, -0.2) is 22.4 Å². The number of fused-ring (bicyclic) bond motifs is 1. The third-order valence-corrected chi connectivity index (χ3v) is 4.41. The fraction of sp³-hybridized carbons (Fsp3) is 0.625. The van der Waals surface area contributed by atoms with E-state index in [1.807, 2.05) is 0 Å². The van der Waals surface area contributed by atoms with E-state index in [0.717, 1.165) is 19.3 Å². The predicted molar refractivity (Wildman–Crippen MR) is 73.6 cm³/mol. The van der Waals surface area contributed by atoms with Gasteiger partial charge in [-0.15, -0.1) is 0 Å². The van der Waals surface area contributed by atoms with Gasteiger partial charge in [-0.1, -0.05) is 51.0 Å². The summed E-state index contributed by atoms with van der Waals surface area (Å²) in [5, 5.41) is 20.3. The van der Waals surface area contributed by atoms with E-state index in [4.69, 9.17) is 0 Å². The molecule has 0 heterocycles. The van der Waals surface area contributed by atoms with Gasteiger partial charge in [0.05, 0.1) is 12.2 Å². The number of benzene rings is 1. The van der Waals surface area contributed by atoms with Crippen LogP contribution >= 0.6 is 0 Å². The summed E-state index contributed by atoms with van der Waals surface area (Å²) in [6, 6.07) is 8.40. The normalized spacial score (nSPS) is 21.3. The van der Waals surface area contributed by atoms with E-state index < -0.39 is 12.2 Å². The zero-order valence-electron chi connectivity index (χ0n) is 11.3. The highest BCUT2D eigenvalue weighted by atomic mass is 16.3. The van der Waals surface area contributed by atoms with Crippen molar-refractivity contribution in [3.63, 3.8) is 0 Å². The van der Waals surface area contributed by atoms with E-state index in [1.165, 1.54) is 11.1 Å². The molecule has 0 saturated carbocycles. The van der Waals surface area contributed by atoms with Gasteiger partial charge in [0.15, 0.2) is 0 Å². The SMILES string of the molecule is CCC(CC)C(O)C(O)CC1Cc2ccccc21. The Bertz CT molecular complexity index is 384. The van der Waals surface area contributed by atoms with Crippen molar-refractivity contribution in [2.45, 2.75) is 57.7 Å². The minimum atomic E-state index is -0.590. The third-order valence-electron chi connectivity index (χ3n) is 4.41. The van der Waals surface area contributed by atoms with Crippen LogP contribution in [0.25, 0.3) is 0 Å². The minimum Gasteiger partial charge on any atom is -0.390 e. The molecular formula is C16H24O2. The molecule has 1 aromatic rings. The molecule has 0 amide bonds. The van der Waals surface area contributed by atoms with Gasteiger partial charge in [-0.05, 0) is 35.8 Å². The van der Waals surface area contributed by atoms with Gasteiger partial charge in [0, 0.05) is 0 Å². The summed E-state index contributed by atoms with van der Waals surface area (Å²) in [6.07, 6.45) is 2.42. The molecule has 2 nitrogen and oxygen atoms in total. The Balaban J connectivity index is 1.92. The van der Waals surface area contributed by atoms with Crippen LogP contribution in [0.3, 0.4) is 0 Å². The molecule has 3 atom stereocenters. The van der Waals surface area contributed by atoms with Gasteiger partial charge in [0.25, 0.3) is 0 Å². The van der Waals surface area contributed by atoms with Gasteiger partial charge >= 0.3 is 0 Å². The fourth-order valence-electron chi connectivity index (χ4n) is 3.09. The summed E-state index contributed by atoms with van der Waals surface area (Å²) in [4.78, 5) is 0. The Hall–Kier alpha value is -0.860. The number of aliphatic hydroxyl groups is 2. The Morgan fingerprint density at radius 1 is 1.17 bits per heavy atom.